The molecule has 0 fully saturated rings. The number of carbonyl (C=O) groups excluding carboxylic acids is 1. The predicted octanol–water partition coefficient (Wildman–Crippen LogP) is 3.89. The fraction of sp³-hybridized carbons (Fsp3) is 0.286. The number of carbonyl (C=O) groups is 1. The third kappa shape index (κ3) is 4.14. The maximum absolute atomic E-state index is 12.1. The van der Waals surface area contributed by atoms with Crippen molar-refractivity contribution in [3.05, 3.63) is 45.2 Å². The van der Waals surface area contributed by atoms with Crippen LogP contribution in [0.5, 0.6) is 0 Å². The zero-order valence-electron chi connectivity index (χ0n) is 10.7. The van der Waals surface area contributed by atoms with Gasteiger partial charge in [-0.15, -0.1) is 11.3 Å². The highest BCUT2D eigenvalue weighted by molar-refractivity contribution is 9.10. The van der Waals surface area contributed by atoms with E-state index in [-0.39, 0.29) is 5.91 Å². The Labute approximate surface area is 125 Å². The van der Waals surface area contributed by atoms with Crippen LogP contribution in [0.2, 0.25) is 0 Å². The molecule has 0 atom stereocenters. The van der Waals surface area contributed by atoms with E-state index in [1.54, 1.807) is 29.5 Å². The van der Waals surface area contributed by atoms with Crippen molar-refractivity contribution in [3.8, 4) is 0 Å². The van der Waals surface area contributed by atoms with Gasteiger partial charge in [0.25, 0.3) is 0 Å². The lowest BCUT2D eigenvalue weighted by Crippen LogP contribution is -2.26. The molecule has 0 radical (unpaired) electrons. The van der Waals surface area contributed by atoms with Crippen LogP contribution in [-0.4, -0.2) is 17.9 Å². The maximum atomic E-state index is 12.1. The van der Waals surface area contributed by atoms with E-state index >= 15 is 0 Å². The molecule has 0 saturated heterocycles. The van der Waals surface area contributed by atoms with Crippen molar-refractivity contribution in [3.63, 3.8) is 0 Å². The third-order valence-electron chi connectivity index (χ3n) is 2.82. The summed E-state index contributed by atoms with van der Waals surface area (Å²) in [5.41, 5.74) is 0. The van der Waals surface area contributed by atoms with Gasteiger partial charge in [0.2, 0.25) is 5.91 Å². The fourth-order valence-electron chi connectivity index (χ4n) is 1.74. The van der Waals surface area contributed by atoms with Gasteiger partial charge >= 0.3 is 0 Å². The van der Waals surface area contributed by atoms with Gasteiger partial charge in [-0.05, 0) is 36.4 Å². The first-order valence-electron chi connectivity index (χ1n) is 6.07. The van der Waals surface area contributed by atoms with E-state index in [0.29, 0.717) is 12.2 Å². The highest BCUT2D eigenvalue weighted by Gasteiger charge is 2.12. The Morgan fingerprint density at radius 1 is 1.47 bits per heavy atom. The molecule has 2 aromatic rings. The van der Waals surface area contributed by atoms with Crippen molar-refractivity contribution >= 4 is 39.0 Å². The van der Waals surface area contributed by atoms with Gasteiger partial charge in [0.15, 0.2) is 0 Å². The van der Waals surface area contributed by atoms with Gasteiger partial charge in [-0.1, -0.05) is 22.0 Å². The maximum Gasteiger partial charge on any atom is 0.227 e. The third-order valence-corrected chi connectivity index (χ3v) is 4.25. The van der Waals surface area contributed by atoms with Crippen LogP contribution < -0.4 is 4.90 Å². The van der Waals surface area contributed by atoms with Crippen molar-refractivity contribution < 1.29 is 4.79 Å². The Morgan fingerprint density at radius 3 is 3.00 bits per heavy atom. The van der Waals surface area contributed by atoms with Crippen molar-refractivity contribution in [1.29, 1.82) is 0 Å². The second kappa shape index (κ2) is 6.82. The van der Waals surface area contributed by atoms with Crippen LogP contribution >= 0.6 is 27.3 Å². The van der Waals surface area contributed by atoms with E-state index in [1.807, 2.05) is 18.2 Å². The smallest absolute Gasteiger partial charge is 0.227 e. The second-order valence-electron chi connectivity index (χ2n) is 4.22. The van der Waals surface area contributed by atoms with E-state index in [1.165, 1.54) is 4.88 Å². The number of pyridine rings is 1. The number of thiophene rings is 1. The molecule has 0 aliphatic heterocycles. The average Bonchev–Trinajstić information content (AvgIpc) is 2.91. The minimum atomic E-state index is 0.0992. The number of rotatable bonds is 5. The van der Waals surface area contributed by atoms with Gasteiger partial charge in [-0.25, -0.2) is 4.98 Å². The number of hydrogen-bond acceptors (Lipinski definition) is 3. The minimum absolute atomic E-state index is 0.0992. The van der Waals surface area contributed by atoms with Gasteiger partial charge in [0.1, 0.15) is 5.82 Å². The number of halogens is 1. The molecule has 2 rings (SSSR count). The van der Waals surface area contributed by atoms with Crippen LogP contribution in [0.1, 0.15) is 17.7 Å². The molecule has 1 amide bonds. The number of amides is 1. The van der Waals surface area contributed by atoms with Crippen molar-refractivity contribution in [2.45, 2.75) is 19.3 Å². The van der Waals surface area contributed by atoms with E-state index in [0.717, 1.165) is 17.3 Å². The number of aryl methyl sites for hydroxylation is 1. The normalized spacial score (nSPS) is 10.4. The van der Waals surface area contributed by atoms with Crippen LogP contribution in [0.15, 0.2) is 40.3 Å². The molecule has 0 unspecified atom stereocenters. The van der Waals surface area contributed by atoms with Gasteiger partial charge in [-0.2, -0.15) is 0 Å². The second-order valence-corrected chi connectivity index (χ2v) is 6.17. The highest BCUT2D eigenvalue weighted by Crippen LogP contribution is 2.17. The Balaban J connectivity index is 1.85. The molecule has 3 nitrogen and oxygen atoms in total. The first-order valence-corrected chi connectivity index (χ1v) is 7.74. The average molecular weight is 339 g/mol. The fourth-order valence-corrected chi connectivity index (χ4v) is 2.82. The van der Waals surface area contributed by atoms with Gasteiger partial charge in [-0.3, -0.25) is 9.69 Å². The monoisotopic (exact) mass is 338 g/mol. The molecule has 0 N–H and O–H groups in total. The molecular weight excluding hydrogens is 324 g/mol. The molecule has 0 saturated carbocycles. The summed E-state index contributed by atoms with van der Waals surface area (Å²) in [6.45, 7) is 0. The molecule has 0 aliphatic rings. The van der Waals surface area contributed by atoms with E-state index < -0.39 is 0 Å². The number of nitrogens with zero attached hydrogens (tertiary/aromatic N) is 2. The summed E-state index contributed by atoms with van der Waals surface area (Å²) in [5, 5.41) is 2.06. The van der Waals surface area contributed by atoms with Gasteiger partial charge < -0.3 is 0 Å². The van der Waals surface area contributed by atoms with Crippen molar-refractivity contribution in [2.24, 2.45) is 0 Å². The summed E-state index contributed by atoms with van der Waals surface area (Å²) in [5.74, 6) is 0.776. The number of anilines is 1. The largest absolute Gasteiger partial charge is 0.300 e. The van der Waals surface area contributed by atoms with Crippen LogP contribution in [-0.2, 0) is 11.2 Å². The lowest BCUT2D eigenvalue weighted by Gasteiger charge is -2.16. The molecule has 19 heavy (non-hydrogen) atoms. The van der Waals surface area contributed by atoms with E-state index in [2.05, 4.69) is 32.4 Å². The Morgan fingerprint density at radius 2 is 2.32 bits per heavy atom. The number of aromatic nitrogens is 1. The lowest BCUT2D eigenvalue weighted by atomic mass is 10.2. The molecule has 0 bridgehead atoms. The molecular formula is C14H15BrN2OS. The Kier molecular flexibility index (Phi) is 5.10. The summed E-state index contributed by atoms with van der Waals surface area (Å²) in [6, 6.07) is 7.84. The first kappa shape index (κ1) is 14.2. The summed E-state index contributed by atoms with van der Waals surface area (Å²) in [7, 11) is 1.77. The number of hydrogen-bond donors (Lipinski definition) is 0. The minimum Gasteiger partial charge on any atom is -0.300 e. The Bertz CT molecular complexity index is 542. The molecule has 5 heteroatoms. The topological polar surface area (TPSA) is 33.2 Å². The van der Waals surface area contributed by atoms with Gasteiger partial charge in [0, 0.05) is 29.0 Å². The molecule has 0 spiro atoms. The predicted molar refractivity (Wildman–Crippen MR) is 82.6 cm³/mol. The summed E-state index contributed by atoms with van der Waals surface area (Å²) in [6.07, 6.45) is 4.07. The van der Waals surface area contributed by atoms with Crippen LogP contribution in [0.3, 0.4) is 0 Å². The molecule has 0 aromatic carbocycles. The van der Waals surface area contributed by atoms with Crippen molar-refractivity contribution in [1.82, 2.24) is 4.98 Å². The molecule has 100 valence electrons. The molecule has 0 aliphatic carbocycles. The summed E-state index contributed by atoms with van der Waals surface area (Å²) in [4.78, 5) is 19.2. The molecule has 2 aromatic heterocycles. The summed E-state index contributed by atoms with van der Waals surface area (Å²) >= 11 is 5.12. The van der Waals surface area contributed by atoms with Crippen LogP contribution in [0.4, 0.5) is 5.82 Å². The zero-order chi connectivity index (χ0) is 13.7. The van der Waals surface area contributed by atoms with E-state index in [4.69, 9.17) is 0 Å². The standard InChI is InChI=1S/C14H15BrN2OS/c1-17(13-10-11(15)7-8-16-13)14(18)6-2-4-12-5-3-9-19-12/h3,5,7-10H,2,4,6H2,1H3. The SMILES string of the molecule is CN(C(=O)CCCc1cccs1)c1cc(Br)ccn1. The highest BCUT2D eigenvalue weighted by atomic mass is 79.9. The van der Waals surface area contributed by atoms with E-state index in [9.17, 15) is 4.79 Å². The molecule has 2 heterocycles. The Hall–Kier alpha value is -1.20. The van der Waals surface area contributed by atoms with Crippen LogP contribution in [0, 0.1) is 0 Å². The van der Waals surface area contributed by atoms with Crippen molar-refractivity contribution in [2.75, 3.05) is 11.9 Å². The van der Waals surface area contributed by atoms with Gasteiger partial charge in [0.05, 0.1) is 0 Å². The summed E-state index contributed by atoms with van der Waals surface area (Å²) < 4.78 is 0.927. The lowest BCUT2D eigenvalue weighted by molar-refractivity contribution is -0.118. The zero-order valence-corrected chi connectivity index (χ0v) is 13.1. The quantitative estimate of drug-likeness (QED) is 0.828. The van der Waals surface area contributed by atoms with Crippen LogP contribution in [0.25, 0.3) is 0 Å². The first-order chi connectivity index (χ1) is 9.16.